The lowest BCUT2D eigenvalue weighted by Gasteiger charge is -2.12. The molecular weight excluding hydrogens is 493 g/mol. The minimum Gasteiger partial charge on any atom is -0.453 e. The fourth-order valence-corrected chi connectivity index (χ4v) is 3.95. The zero-order chi connectivity index (χ0) is 26.8. The highest BCUT2D eigenvalue weighted by Crippen LogP contribution is 2.34. The maximum absolute atomic E-state index is 15.0. The van der Waals surface area contributed by atoms with Crippen molar-refractivity contribution in [3.63, 3.8) is 0 Å². The number of fused-ring (bicyclic) bond motifs is 1. The normalized spacial score (nSPS) is 11.9. The number of aliphatic hydroxyl groups is 1. The van der Waals surface area contributed by atoms with Gasteiger partial charge in [0.2, 0.25) is 0 Å². The van der Waals surface area contributed by atoms with Crippen LogP contribution in [0.3, 0.4) is 0 Å². The van der Waals surface area contributed by atoms with Gasteiger partial charge in [-0.1, -0.05) is 18.2 Å². The highest BCUT2D eigenvalue weighted by molar-refractivity contribution is 6.04. The Morgan fingerprint density at radius 3 is 2.71 bits per heavy atom. The Labute approximate surface area is 215 Å². The molecule has 11 nitrogen and oxygen atoms in total. The van der Waals surface area contributed by atoms with Crippen LogP contribution in [0.5, 0.6) is 11.5 Å². The molecule has 0 aliphatic rings. The molecule has 4 N–H and O–H groups in total. The summed E-state index contributed by atoms with van der Waals surface area (Å²) in [6.45, 7) is 1.66. The Kier molecular flexibility index (Phi) is 6.62. The van der Waals surface area contributed by atoms with Gasteiger partial charge >= 0.3 is 0 Å². The Bertz CT molecular complexity index is 1680. The van der Waals surface area contributed by atoms with Crippen molar-refractivity contribution in [2.24, 2.45) is 7.05 Å². The third kappa shape index (κ3) is 4.72. The van der Waals surface area contributed by atoms with E-state index in [1.807, 2.05) is 6.07 Å². The van der Waals surface area contributed by atoms with E-state index >= 15 is 4.39 Å². The molecule has 5 rings (SSSR count). The number of hydrogen-bond acceptors (Lipinski definition) is 7. The molecule has 1 atom stereocenters. The SMILES string of the molecule is CC(CO)Nc1n[nH]c2nccc(Oc3ccc(NC(=O)c4cn(C)n(-c5ccccc5)c4=O)cc3F)c12. The molecule has 1 amide bonds. The van der Waals surface area contributed by atoms with Crippen LogP contribution < -0.4 is 20.9 Å². The molecule has 0 fully saturated rings. The average Bonchev–Trinajstić information content (AvgIpc) is 3.46. The lowest BCUT2D eigenvalue weighted by Crippen LogP contribution is -2.25. The predicted octanol–water partition coefficient (Wildman–Crippen LogP) is 3.42. The highest BCUT2D eigenvalue weighted by Gasteiger charge is 2.19. The largest absolute Gasteiger partial charge is 0.453 e. The Morgan fingerprint density at radius 1 is 1.18 bits per heavy atom. The topological polar surface area (TPSA) is 139 Å². The predicted molar refractivity (Wildman–Crippen MR) is 139 cm³/mol. The zero-order valence-electron chi connectivity index (χ0n) is 20.5. The van der Waals surface area contributed by atoms with Crippen molar-refractivity contribution in [3.05, 3.63) is 88.7 Å². The summed E-state index contributed by atoms with van der Waals surface area (Å²) in [5.74, 6) is -0.805. The number of nitrogens with one attached hydrogen (secondary N) is 3. The summed E-state index contributed by atoms with van der Waals surface area (Å²) < 4.78 is 23.7. The first-order valence-corrected chi connectivity index (χ1v) is 11.7. The molecule has 0 aliphatic carbocycles. The number of nitrogens with zero attached hydrogens (tertiary/aromatic N) is 4. The highest BCUT2D eigenvalue weighted by atomic mass is 19.1. The number of aryl methyl sites for hydroxylation is 1. The van der Waals surface area contributed by atoms with Crippen LogP contribution in [0.15, 0.2) is 71.8 Å². The number of ether oxygens (including phenoxy) is 1. The van der Waals surface area contributed by atoms with Crippen molar-refractivity contribution in [3.8, 4) is 17.2 Å². The molecule has 0 bridgehead atoms. The fraction of sp³-hybridized carbons (Fsp3) is 0.154. The van der Waals surface area contributed by atoms with Gasteiger partial charge in [0, 0.05) is 43.3 Å². The van der Waals surface area contributed by atoms with Gasteiger partial charge in [0.05, 0.1) is 12.3 Å². The number of rotatable bonds is 8. The van der Waals surface area contributed by atoms with Gasteiger partial charge in [-0.2, -0.15) is 5.10 Å². The minimum atomic E-state index is -0.732. The van der Waals surface area contributed by atoms with Crippen LogP contribution in [0.25, 0.3) is 16.7 Å². The maximum atomic E-state index is 15.0. The lowest BCUT2D eigenvalue weighted by atomic mass is 10.2. The molecule has 0 radical (unpaired) electrons. The summed E-state index contributed by atoms with van der Waals surface area (Å²) in [4.78, 5) is 30.0. The van der Waals surface area contributed by atoms with Crippen molar-refractivity contribution in [1.82, 2.24) is 24.5 Å². The molecule has 0 saturated carbocycles. The molecule has 0 spiro atoms. The monoisotopic (exact) mass is 517 g/mol. The smallest absolute Gasteiger partial charge is 0.284 e. The number of hydrogen-bond donors (Lipinski definition) is 4. The Balaban J connectivity index is 1.37. The van der Waals surface area contributed by atoms with Crippen LogP contribution in [0.4, 0.5) is 15.9 Å². The van der Waals surface area contributed by atoms with Gasteiger partial charge in [0.15, 0.2) is 23.0 Å². The van der Waals surface area contributed by atoms with Gasteiger partial charge in [0.1, 0.15) is 16.7 Å². The first-order valence-electron chi connectivity index (χ1n) is 11.7. The maximum Gasteiger partial charge on any atom is 0.284 e. The van der Waals surface area contributed by atoms with Crippen LogP contribution in [-0.2, 0) is 7.05 Å². The molecule has 12 heteroatoms. The number of aromatic amines is 1. The van der Waals surface area contributed by atoms with E-state index in [1.165, 1.54) is 33.9 Å². The second kappa shape index (κ2) is 10.2. The molecule has 38 heavy (non-hydrogen) atoms. The number of aromatic nitrogens is 5. The van der Waals surface area contributed by atoms with Crippen molar-refractivity contribution < 1.29 is 19.0 Å². The van der Waals surface area contributed by atoms with Crippen molar-refractivity contribution in [2.45, 2.75) is 13.0 Å². The van der Waals surface area contributed by atoms with E-state index in [0.29, 0.717) is 22.5 Å². The van der Waals surface area contributed by atoms with E-state index in [-0.39, 0.29) is 35.4 Å². The number of halogens is 1. The summed E-state index contributed by atoms with van der Waals surface area (Å²) in [7, 11) is 1.65. The zero-order valence-corrected chi connectivity index (χ0v) is 20.5. The number of pyridine rings is 1. The molecule has 5 aromatic rings. The van der Waals surface area contributed by atoms with Crippen LogP contribution >= 0.6 is 0 Å². The Morgan fingerprint density at radius 2 is 1.97 bits per heavy atom. The van der Waals surface area contributed by atoms with Crippen LogP contribution in [-0.4, -0.2) is 48.2 Å². The molecule has 194 valence electrons. The van der Waals surface area contributed by atoms with Gasteiger partial charge in [-0.25, -0.2) is 14.1 Å². The van der Waals surface area contributed by atoms with Gasteiger partial charge in [0.25, 0.3) is 11.5 Å². The molecule has 1 unspecified atom stereocenters. The van der Waals surface area contributed by atoms with Crippen molar-refractivity contribution in [2.75, 3.05) is 17.2 Å². The molecule has 3 aromatic heterocycles. The summed E-state index contributed by atoms with van der Waals surface area (Å²) in [6.07, 6.45) is 2.91. The van der Waals surface area contributed by atoms with Crippen molar-refractivity contribution in [1.29, 1.82) is 0 Å². The number of amides is 1. The van der Waals surface area contributed by atoms with Gasteiger partial charge in [-0.15, -0.1) is 0 Å². The number of benzene rings is 2. The molecule has 0 saturated heterocycles. The number of para-hydroxylation sites is 1. The van der Waals surface area contributed by atoms with E-state index in [9.17, 15) is 14.7 Å². The number of carbonyl (C=O) groups is 1. The van der Waals surface area contributed by atoms with E-state index in [0.717, 1.165) is 6.07 Å². The second-order valence-corrected chi connectivity index (χ2v) is 8.60. The van der Waals surface area contributed by atoms with Gasteiger partial charge in [-0.05, 0) is 31.2 Å². The van der Waals surface area contributed by atoms with Crippen LogP contribution in [0, 0.1) is 5.82 Å². The molecule has 0 aliphatic heterocycles. The summed E-state index contributed by atoms with van der Waals surface area (Å²) in [6, 6.07) is 14.1. The van der Waals surface area contributed by atoms with E-state index in [1.54, 1.807) is 44.3 Å². The first kappa shape index (κ1) is 24.7. The third-order valence-corrected chi connectivity index (χ3v) is 5.79. The fourth-order valence-electron chi connectivity index (χ4n) is 3.95. The van der Waals surface area contributed by atoms with Gasteiger partial charge < -0.3 is 20.5 Å². The number of carbonyl (C=O) groups excluding carboxylic acids is 1. The first-order chi connectivity index (χ1) is 18.4. The number of anilines is 2. The number of H-pyrrole nitrogens is 1. The van der Waals surface area contributed by atoms with E-state index in [2.05, 4.69) is 25.8 Å². The average molecular weight is 518 g/mol. The Hall–Kier alpha value is -4.97. The molecule has 3 heterocycles. The second-order valence-electron chi connectivity index (χ2n) is 8.60. The van der Waals surface area contributed by atoms with Crippen molar-refractivity contribution >= 4 is 28.4 Å². The summed E-state index contributed by atoms with van der Waals surface area (Å²) >= 11 is 0. The van der Waals surface area contributed by atoms with Crippen LogP contribution in [0.1, 0.15) is 17.3 Å². The van der Waals surface area contributed by atoms with Crippen LogP contribution in [0.2, 0.25) is 0 Å². The van der Waals surface area contributed by atoms with E-state index < -0.39 is 17.3 Å². The molecule has 2 aromatic carbocycles. The standard InChI is InChI=1S/C26H24FN7O4/c1-15(14-35)29-24-22-21(10-11-28-23(22)31-32-24)38-20-9-8-16(12-19(20)27)30-25(36)18-13-33(2)34(26(18)37)17-6-4-3-5-7-17/h3-13,15,35H,14H2,1-2H3,(H,30,36)(H2,28,29,31,32). The number of aliphatic hydroxyl groups excluding tert-OH is 1. The van der Waals surface area contributed by atoms with E-state index in [4.69, 9.17) is 4.74 Å². The quantitative estimate of drug-likeness (QED) is 0.247. The third-order valence-electron chi connectivity index (χ3n) is 5.79. The summed E-state index contributed by atoms with van der Waals surface area (Å²) in [5.41, 5.74) is 0.588. The molecular formula is C26H24FN7O4. The lowest BCUT2D eigenvalue weighted by molar-refractivity contribution is 0.102. The van der Waals surface area contributed by atoms with Gasteiger partial charge in [-0.3, -0.25) is 19.4 Å². The summed E-state index contributed by atoms with van der Waals surface area (Å²) in [5, 5.41) is 22.4. The minimum absolute atomic E-state index is 0.0895.